The molecule has 3 N–H and O–H groups in total. The molecule has 0 saturated heterocycles. The van der Waals surface area contributed by atoms with E-state index in [4.69, 9.17) is 0 Å². The van der Waals surface area contributed by atoms with Crippen molar-refractivity contribution < 1.29 is 9.59 Å². The van der Waals surface area contributed by atoms with Gasteiger partial charge >= 0.3 is 0 Å². The van der Waals surface area contributed by atoms with Crippen LogP contribution in [-0.2, 0) is 6.54 Å². The Morgan fingerprint density at radius 1 is 1.00 bits per heavy atom. The number of hydrazine groups is 1. The van der Waals surface area contributed by atoms with E-state index in [9.17, 15) is 9.59 Å². The highest BCUT2D eigenvalue weighted by atomic mass is 16.2. The molecule has 8 nitrogen and oxygen atoms in total. The summed E-state index contributed by atoms with van der Waals surface area (Å²) in [5, 5.41) is 5.09. The zero-order chi connectivity index (χ0) is 18.6. The van der Waals surface area contributed by atoms with Crippen LogP contribution in [-0.4, -0.2) is 31.6 Å². The number of carbonyl (C=O) groups is 2. The van der Waals surface area contributed by atoms with Gasteiger partial charge in [-0.3, -0.25) is 20.4 Å². The molecule has 2 amide bonds. The van der Waals surface area contributed by atoms with E-state index in [1.807, 2.05) is 30.3 Å². The fraction of sp³-hybridized carbons (Fsp3) is 0.0526. The standard InChI is InChI=1S/C19H16N6O2/c26-18(23-24-19(27)16-7-4-8-20-16)15-9-14-11-22-25(17(14)21-10-15)12-13-5-2-1-3-6-13/h1-11,20H,12H2,(H,23,26)(H,24,27). The minimum absolute atomic E-state index is 0.327. The second-order valence-electron chi connectivity index (χ2n) is 5.92. The Balaban J connectivity index is 1.47. The summed E-state index contributed by atoms with van der Waals surface area (Å²) >= 11 is 0. The van der Waals surface area contributed by atoms with Gasteiger partial charge in [0.15, 0.2) is 5.65 Å². The summed E-state index contributed by atoms with van der Waals surface area (Å²) in [7, 11) is 0. The summed E-state index contributed by atoms with van der Waals surface area (Å²) < 4.78 is 1.78. The van der Waals surface area contributed by atoms with Crippen LogP contribution in [0, 0.1) is 0 Å². The number of pyridine rings is 1. The molecule has 0 saturated carbocycles. The SMILES string of the molecule is O=C(NNC(=O)c1ccc[nH]1)c1cnc2c(cnn2Cc2ccccc2)c1. The fourth-order valence-corrected chi connectivity index (χ4v) is 2.69. The Labute approximate surface area is 154 Å². The van der Waals surface area contributed by atoms with Crippen LogP contribution in [0.4, 0.5) is 0 Å². The maximum absolute atomic E-state index is 12.3. The number of carbonyl (C=O) groups excluding carboxylic acids is 2. The van der Waals surface area contributed by atoms with E-state index >= 15 is 0 Å². The molecule has 27 heavy (non-hydrogen) atoms. The molecule has 3 heterocycles. The lowest BCUT2D eigenvalue weighted by molar-refractivity contribution is 0.0844. The molecule has 3 aromatic heterocycles. The number of fused-ring (bicyclic) bond motifs is 1. The normalized spacial score (nSPS) is 10.7. The van der Waals surface area contributed by atoms with Crippen molar-refractivity contribution >= 4 is 22.8 Å². The number of nitrogens with zero attached hydrogens (tertiary/aromatic N) is 3. The first-order chi connectivity index (χ1) is 13.2. The van der Waals surface area contributed by atoms with E-state index in [0.29, 0.717) is 23.4 Å². The molecule has 134 valence electrons. The minimum Gasteiger partial charge on any atom is -0.357 e. The number of H-pyrrole nitrogens is 1. The molecule has 8 heteroatoms. The van der Waals surface area contributed by atoms with E-state index in [0.717, 1.165) is 10.9 Å². The number of nitrogens with one attached hydrogen (secondary N) is 3. The number of aromatic nitrogens is 4. The molecular formula is C19H16N6O2. The Hall–Kier alpha value is -3.94. The summed E-state index contributed by atoms with van der Waals surface area (Å²) in [6.45, 7) is 0.592. The molecule has 0 aliphatic heterocycles. The van der Waals surface area contributed by atoms with E-state index in [2.05, 4.69) is 25.9 Å². The maximum Gasteiger partial charge on any atom is 0.286 e. The zero-order valence-corrected chi connectivity index (χ0v) is 14.2. The summed E-state index contributed by atoms with van der Waals surface area (Å²) in [4.78, 5) is 31.2. The van der Waals surface area contributed by atoms with Gasteiger partial charge in [-0.05, 0) is 23.8 Å². The smallest absolute Gasteiger partial charge is 0.286 e. The average Bonchev–Trinajstić information content (AvgIpc) is 3.37. The number of amides is 2. The van der Waals surface area contributed by atoms with Crippen LogP contribution < -0.4 is 10.9 Å². The van der Waals surface area contributed by atoms with Crippen LogP contribution in [0.2, 0.25) is 0 Å². The topological polar surface area (TPSA) is 105 Å². The van der Waals surface area contributed by atoms with Gasteiger partial charge in [0.25, 0.3) is 11.8 Å². The Kier molecular flexibility index (Phi) is 4.36. The monoisotopic (exact) mass is 360 g/mol. The molecule has 0 atom stereocenters. The third-order valence-electron chi connectivity index (χ3n) is 4.05. The lowest BCUT2D eigenvalue weighted by Gasteiger charge is -2.07. The molecule has 4 rings (SSSR count). The quantitative estimate of drug-likeness (QED) is 0.483. The number of hydrogen-bond donors (Lipinski definition) is 3. The molecule has 0 fully saturated rings. The largest absolute Gasteiger partial charge is 0.357 e. The molecule has 1 aromatic carbocycles. The maximum atomic E-state index is 12.3. The Morgan fingerprint density at radius 3 is 2.59 bits per heavy atom. The molecule has 0 aliphatic rings. The van der Waals surface area contributed by atoms with Crippen LogP contribution in [0.25, 0.3) is 11.0 Å². The number of hydrogen-bond acceptors (Lipinski definition) is 4. The van der Waals surface area contributed by atoms with Gasteiger partial charge in [0.05, 0.1) is 18.3 Å². The molecule has 4 aromatic rings. The second-order valence-corrected chi connectivity index (χ2v) is 5.92. The van der Waals surface area contributed by atoms with Crippen molar-refractivity contribution in [1.29, 1.82) is 0 Å². The van der Waals surface area contributed by atoms with Gasteiger partial charge in [0.1, 0.15) is 5.69 Å². The highest BCUT2D eigenvalue weighted by Crippen LogP contribution is 2.14. The van der Waals surface area contributed by atoms with Crippen LogP contribution in [0.3, 0.4) is 0 Å². The lowest BCUT2D eigenvalue weighted by atomic mass is 10.2. The second kappa shape index (κ2) is 7.12. The minimum atomic E-state index is -0.458. The van der Waals surface area contributed by atoms with Crippen molar-refractivity contribution in [2.24, 2.45) is 0 Å². The third kappa shape index (κ3) is 3.54. The van der Waals surface area contributed by atoms with Crippen molar-refractivity contribution in [3.05, 3.63) is 83.9 Å². The van der Waals surface area contributed by atoms with Gasteiger partial charge in [-0.25, -0.2) is 9.67 Å². The van der Waals surface area contributed by atoms with Gasteiger partial charge in [0, 0.05) is 17.8 Å². The van der Waals surface area contributed by atoms with Crippen molar-refractivity contribution in [3.63, 3.8) is 0 Å². The first kappa shape index (κ1) is 16.5. The fourth-order valence-electron chi connectivity index (χ4n) is 2.69. The highest BCUT2D eigenvalue weighted by molar-refractivity contribution is 5.99. The highest BCUT2D eigenvalue weighted by Gasteiger charge is 2.12. The first-order valence-corrected chi connectivity index (χ1v) is 8.30. The van der Waals surface area contributed by atoms with Crippen molar-refractivity contribution in [3.8, 4) is 0 Å². The van der Waals surface area contributed by atoms with Crippen LogP contribution >= 0.6 is 0 Å². The summed E-state index contributed by atoms with van der Waals surface area (Å²) in [5.41, 5.74) is 7.20. The molecule has 0 radical (unpaired) electrons. The molecule has 0 aliphatic carbocycles. The molecular weight excluding hydrogens is 344 g/mol. The van der Waals surface area contributed by atoms with Crippen molar-refractivity contribution in [2.75, 3.05) is 0 Å². The third-order valence-corrected chi connectivity index (χ3v) is 4.05. The van der Waals surface area contributed by atoms with E-state index < -0.39 is 11.8 Å². The molecule has 0 spiro atoms. The van der Waals surface area contributed by atoms with Crippen molar-refractivity contribution in [2.45, 2.75) is 6.54 Å². The zero-order valence-electron chi connectivity index (χ0n) is 14.2. The Bertz CT molecular complexity index is 1090. The van der Waals surface area contributed by atoms with E-state index in [1.165, 1.54) is 6.20 Å². The lowest BCUT2D eigenvalue weighted by Crippen LogP contribution is -2.41. The first-order valence-electron chi connectivity index (χ1n) is 8.30. The van der Waals surface area contributed by atoms with Crippen LogP contribution in [0.1, 0.15) is 26.4 Å². The molecule has 0 bridgehead atoms. The number of benzene rings is 1. The number of aromatic amines is 1. The van der Waals surface area contributed by atoms with E-state index in [1.54, 1.807) is 35.3 Å². The van der Waals surface area contributed by atoms with Gasteiger partial charge in [-0.15, -0.1) is 0 Å². The summed E-state index contributed by atoms with van der Waals surface area (Å²) in [5.74, 6) is -0.891. The average molecular weight is 360 g/mol. The van der Waals surface area contributed by atoms with Crippen LogP contribution in [0.5, 0.6) is 0 Å². The number of rotatable bonds is 4. The van der Waals surface area contributed by atoms with Gasteiger partial charge in [-0.2, -0.15) is 5.10 Å². The van der Waals surface area contributed by atoms with Gasteiger partial charge in [0.2, 0.25) is 0 Å². The van der Waals surface area contributed by atoms with Crippen LogP contribution in [0.15, 0.2) is 67.1 Å². The van der Waals surface area contributed by atoms with Gasteiger partial charge < -0.3 is 4.98 Å². The van der Waals surface area contributed by atoms with Gasteiger partial charge in [-0.1, -0.05) is 30.3 Å². The predicted octanol–water partition coefficient (Wildman–Crippen LogP) is 1.88. The van der Waals surface area contributed by atoms with Crippen molar-refractivity contribution in [1.82, 2.24) is 30.6 Å². The molecule has 0 unspecified atom stereocenters. The predicted molar refractivity (Wildman–Crippen MR) is 98.8 cm³/mol. The summed E-state index contributed by atoms with van der Waals surface area (Å²) in [6.07, 6.45) is 4.75. The van der Waals surface area contributed by atoms with E-state index in [-0.39, 0.29) is 0 Å². The summed E-state index contributed by atoms with van der Waals surface area (Å²) in [6, 6.07) is 14.9. The Morgan fingerprint density at radius 2 is 1.81 bits per heavy atom.